The second-order valence-electron chi connectivity index (χ2n) is 4.67. The molecule has 0 spiro atoms. The summed E-state index contributed by atoms with van der Waals surface area (Å²) < 4.78 is 0. The van der Waals surface area contributed by atoms with Gasteiger partial charge in [0.15, 0.2) is 0 Å². The van der Waals surface area contributed by atoms with Gasteiger partial charge in [0.05, 0.1) is 30.8 Å². The van der Waals surface area contributed by atoms with Crippen molar-refractivity contribution in [1.82, 2.24) is 10.2 Å². The summed E-state index contributed by atoms with van der Waals surface area (Å²) in [4.78, 5) is 25.0. The number of nitrogens with zero attached hydrogens (tertiary/aromatic N) is 2. The summed E-state index contributed by atoms with van der Waals surface area (Å²) in [5, 5.41) is 11.7. The second kappa shape index (κ2) is 5.21. The van der Waals surface area contributed by atoms with E-state index in [-0.39, 0.29) is 30.9 Å². The van der Waals surface area contributed by atoms with Crippen LogP contribution in [0.5, 0.6) is 0 Å². The van der Waals surface area contributed by atoms with Crippen LogP contribution in [0.3, 0.4) is 0 Å². The number of aryl methyl sites for hydroxylation is 1. The lowest BCUT2D eigenvalue weighted by molar-refractivity contribution is -0.149. The van der Waals surface area contributed by atoms with E-state index in [1.807, 2.05) is 6.92 Å². The Morgan fingerprint density at radius 3 is 2.84 bits per heavy atom. The normalized spacial score (nSPS) is 19.4. The molecule has 1 fully saturated rings. The Morgan fingerprint density at radius 1 is 1.47 bits per heavy atom. The second-order valence-corrected chi connectivity index (χ2v) is 4.67. The maximum atomic E-state index is 12.0. The van der Waals surface area contributed by atoms with Crippen molar-refractivity contribution in [3.05, 3.63) is 34.9 Å². The standard InChI is InChI=1S/C14H15N3O2/c1-9-5-11(6-15)3-4-12(9)8-17-13(18)7-16-10(2)14(17)19/h3-5,10,16H,7-8H2,1-2H3. The van der Waals surface area contributed by atoms with Gasteiger partial charge in [0.25, 0.3) is 0 Å². The van der Waals surface area contributed by atoms with Gasteiger partial charge in [0.2, 0.25) is 11.8 Å². The molecular formula is C14H15N3O2. The molecular weight excluding hydrogens is 242 g/mol. The summed E-state index contributed by atoms with van der Waals surface area (Å²) in [7, 11) is 0. The van der Waals surface area contributed by atoms with Crippen LogP contribution in [0, 0.1) is 18.3 Å². The lowest BCUT2D eigenvalue weighted by atomic mass is 10.0. The summed E-state index contributed by atoms with van der Waals surface area (Å²) in [5.74, 6) is -0.424. The number of rotatable bonds is 2. The van der Waals surface area contributed by atoms with Gasteiger partial charge in [-0.1, -0.05) is 6.07 Å². The molecule has 1 aliphatic heterocycles. The molecule has 1 N–H and O–H groups in total. The highest BCUT2D eigenvalue weighted by molar-refractivity contribution is 6.00. The van der Waals surface area contributed by atoms with E-state index in [4.69, 9.17) is 5.26 Å². The van der Waals surface area contributed by atoms with Crippen LogP contribution < -0.4 is 5.32 Å². The fraction of sp³-hybridized carbons (Fsp3) is 0.357. The van der Waals surface area contributed by atoms with Gasteiger partial charge in [0, 0.05) is 0 Å². The van der Waals surface area contributed by atoms with Crippen LogP contribution in [0.25, 0.3) is 0 Å². The molecule has 19 heavy (non-hydrogen) atoms. The average Bonchev–Trinajstić information content (AvgIpc) is 2.40. The number of benzene rings is 1. The first-order valence-corrected chi connectivity index (χ1v) is 6.10. The molecule has 1 aromatic carbocycles. The average molecular weight is 257 g/mol. The topological polar surface area (TPSA) is 73.2 Å². The fourth-order valence-electron chi connectivity index (χ4n) is 2.06. The third-order valence-electron chi connectivity index (χ3n) is 3.30. The van der Waals surface area contributed by atoms with Crippen molar-refractivity contribution in [2.45, 2.75) is 26.4 Å². The number of piperazine rings is 1. The number of nitrogens with one attached hydrogen (secondary N) is 1. The molecule has 1 aliphatic rings. The molecule has 0 aliphatic carbocycles. The number of hydrogen-bond acceptors (Lipinski definition) is 4. The van der Waals surface area contributed by atoms with Gasteiger partial charge in [0.1, 0.15) is 0 Å². The van der Waals surface area contributed by atoms with Gasteiger partial charge in [-0.3, -0.25) is 19.8 Å². The molecule has 0 bridgehead atoms. The fourth-order valence-corrected chi connectivity index (χ4v) is 2.06. The van der Waals surface area contributed by atoms with E-state index < -0.39 is 0 Å². The quantitative estimate of drug-likeness (QED) is 0.792. The molecule has 0 aromatic heterocycles. The molecule has 0 saturated carbocycles. The monoisotopic (exact) mass is 257 g/mol. The first-order chi connectivity index (χ1) is 9.02. The lowest BCUT2D eigenvalue weighted by Crippen LogP contribution is -2.56. The van der Waals surface area contributed by atoms with E-state index in [0.717, 1.165) is 11.1 Å². The Hall–Kier alpha value is -2.19. The van der Waals surface area contributed by atoms with Crippen LogP contribution in [-0.4, -0.2) is 29.3 Å². The van der Waals surface area contributed by atoms with Crippen LogP contribution in [0.4, 0.5) is 0 Å². The first kappa shape index (κ1) is 13.2. The van der Waals surface area contributed by atoms with Crippen molar-refractivity contribution in [3.63, 3.8) is 0 Å². The van der Waals surface area contributed by atoms with Crippen LogP contribution >= 0.6 is 0 Å². The molecule has 2 rings (SSSR count). The van der Waals surface area contributed by atoms with E-state index >= 15 is 0 Å². The van der Waals surface area contributed by atoms with Gasteiger partial charge < -0.3 is 0 Å². The van der Waals surface area contributed by atoms with E-state index in [2.05, 4.69) is 11.4 Å². The molecule has 1 heterocycles. The van der Waals surface area contributed by atoms with Gasteiger partial charge in [-0.25, -0.2) is 0 Å². The zero-order chi connectivity index (χ0) is 14.0. The van der Waals surface area contributed by atoms with Crippen LogP contribution in [0.15, 0.2) is 18.2 Å². The van der Waals surface area contributed by atoms with Crippen molar-refractivity contribution < 1.29 is 9.59 Å². The Balaban J connectivity index is 2.23. The molecule has 1 atom stereocenters. The molecule has 1 saturated heterocycles. The van der Waals surface area contributed by atoms with Crippen molar-refractivity contribution in [2.75, 3.05) is 6.54 Å². The Morgan fingerprint density at radius 2 is 2.21 bits per heavy atom. The minimum Gasteiger partial charge on any atom is -0.298 e. The number of amides is 2. The van der Waals surface area contributed by atoms with Gasteiger partial charge in [-0.05, 0) is 37.1 Å². The maximum Gasteiger partial charge on any atom is 0.246 e. The highest BCUT2D eigenvalue weighted by Crippen LogP contribution is 2.15. The molecule has 98 valence electrons. The number of carbonyl (C=O) groups is 2. The minimum absolute atomic E-state index is 0.183. The lowest BCUT2D eigenvalue weighted by Gasteiger charge is -2.30. The van der Waals surface area contributed by atoms with Crippen LogP contribution in [-0.2, 0) is 16.1 Å². The van der Waals surface area contributed by atoms with Crippen molar-refractivity contribution in [3.8, 4) is 6.07 Å². The SMILES string of the molecule is Cc1cc(C#N)ccc1CN1C(=O)CNC(C)C1=O. The Bertz CT molecular complexity index is 575. The number of hydrogen-bond donors (Lipinski definition) is 1. The summed E-state index contributed by atoms with van der Waals surface area (Å²) >= 11 is 0. The van der Waals surface area contributed by atoms with E-state index in [9.17, 15) is 9.59 Å². The maximum absolute atomic E-state index is 12.0. The highest BCUT2D eigenvalue weighted by atomic mass is 16.2. The minimum atomic E-state index is -0.337. The summed E-state index contributed by atoms with van der Waals surface area (Å²) in [6, 6.07) is 6.98. The largest absolute Gasteiger partial charge is 0.298 e. The van der Waals surface area contributed by atoms with Crippen molar-refractivity contribution >= 4 is 11.8 Å². The Labute approximate surface area is 111 Å². The summed E-state index contributed by atoms with van der Waals surface area (Å²) in [6.07, 6.45) is 0. The number of imide groups is 1. The van der Waals surface area contributed by atoms with Crippen molar-refractivity contribution in [1.29, 1.82) is 5.26 Å². The third-order valence-corrected chi connectivity index (χ3v) is 3.30. The first-order valence-electron chi connectivity index (χ1n) is 6.10. The van der Waals surface area contributed by atoms with Gasteiger partial charge in [-0.15, -0.1) is 0 Å². The highest BCUT2D eigenvalue weighted by Gasteiger charge is 2.31. The van der Waals surface area contributed by atoms with E-state index in [1.165, 1.54) is 4.90 Å². The van der Waals surface area contributed by atoms with E-state index in [0.29, 0.717) is 5.56 Å². The van der Waals surface area contributed by atoms with Crippen molar-refractivity contribution in [2.24, 2.45) is 0 Å². The summed E-state index contributed by atoms with van der Waals surface area (Å²) in [5.41, 5.74) is 2.37. The predicted molar refractivity (Wildman–Crippen MR) is 68.9 cm³/mol. The molecule has 1 unspecified atom stereocenters. The van der Waals surface area contributed by atoms with E-state index in [1.54, 1.807) is 25.1 Å². The van der Waals surface area contributed by atoms with Gasteiger partial charge >= 0.3 is 0 Å². The molecule has 0 radical (unpaired) electrons. The van der Waals surface area contributed by atoms with Crippen LogP contribution in [0.2, 0.25) is 0 Å². The molecule has 1 aromatic rings. The number of carbonyl (C=O) groups excluding carboxylic acids is 2. The molecule has 5 heteroatoms. The third kappa shape index (κ3) is 2.64. The summed E-state index contributed by atoms with van der Waals surface area (Å²) in [6.45, 7) is 4.06. The predicted octanol–water partition coefficient (Wildman–Crippen LogP) is 0.714. The zero-order valence-electron chi connectivity index (χ0n) is 10.9. The molecule has 2 amide bonds. The van der Waals surface area contributed by atoms with Gasteiger partial charge in [-0.2, -0.15) is 5.26 Å². The Kier molecular flexibility index (Phi) is 3.63. The van der Waals surface area contributed by atoms with Crippen LogP contribution in [0.1, 0.15) is 23.6 Å². The molecule has 5 nitrogen and oxygen atoms in total. The number of nitriles is 1. The smallest absolute Gasteiger partial charge is 0.246 e. The zero-order valence-corrected chi connectivity index (χ0v) is 10.9.